The molecule has 0 saturated carbocycles. The van der Waals surface area contributed by atoms with Gasteiger partial charge in [-0.05, 0) is 24.6 Å². The van der Waals surface area contributed by atoms with Gasteiger partial charge in [-0.2, -0.15) is 0 Å². The van der Waals surface area contributed by atoms with Crippen LogP contribution in [0.25, 0.3) is 0 Å². The van der Waals surface area contributed by atoms with E-state index in [2.05, 4.69) is 0 Å². The van der Waals surface area contributed by atoms with Crippen LogP contribution in [0.15, 0.2) is 59.5 Å². The van der Waals surface area contributed by atoms with Crippen LogP contribution in [0.5, 0.6) is 0 Å². The number of hydrogen-bond donors (Lipinski definition) is 0. The highest BCUT2D eigenvalue weighted by Gasteiger charge is 2.21. The van der Waals surface area contributed by atoms with Crippen LogP contribution in [0.2, 0.25) is 0 Å². The van der Waals surface area contributed by atoms with Gasteiger partial charge in [0.2, 0.25) is 0 Å². The number of hydrogen-bond acceptors (Lipinski definition) is 2. The van der Waals surface area contributed by atoms with E-state index in [-0.39, 0.29) is 0 Å². The first-order chi connectivity index (χ1) is 8.09. The highest BCUT2D eigenvalue weighted by Crippen LogP contribution is 2.58. The monoisotopic (exact) mass is 262 g/mol. The third-order valence-electron chi connectivity index (χ3n) is 2.58. The average Bonchev–Trinajstić information content (AvgIpc) is 2.30. The van der Waals surface area contributed by atoms with Gasteiger partial charge in [0.25, 0.3) is 0 Å². The van der Waals surface area contributed by atoms with Crippen molar-refractivity contribution < 1.29 is 4.57 Å². The lowest BCUT2D eigenvalue weighted by atomic mass is 10.2. The normalized spacial score (nSPS) is 14.2. The summed E-state index contributed by atoms with van der Waals surface area (Å²) in [4.78, 5) is 1.06. The van der Waals surface area contributed by atoms with Crippen LogP contribution in [0.3, 0.4) is 0 Å². The quantitative estimate of drug-likeness (QED) is 0.766. The smallest absolute Gasteiger partial charge is 0.168 e. The third-order valence-corrected chi connectivity index (χ3v) is 7.05. The van der Waals surface area contributed by atoms with E-state index in [0.29, 0.717) is 0 Å². The van der Waals surface area contributed by atoms with E-state index < -0.39 is 6.34 Å². The summed E-state index contributed by atoms with van der Waals surface area (Å²) in [6.07, 6.45) is -2.39. The molecule has 0 radical (unpaired) electrons. The molecule has 0 fully saturated rings. The topological polar surface area (TPSA) is 17.1 Å². The summed E-state index contributed by atoms with van der Waals surface area (Å²) >= 11 is 1.47. The Labute approximate surface area is 106 Å². The summed E-state index contributed by atoms with van der Waals surface area (Å²) in [6.45, 7) is 3.85. The predicted molar refractivity (Wildman–Crippen MR) is 76.6 cm³/mol. The van der Waals surface area contributed by atoms with Gasteiger partial charge >= 0.3 is 0 Å². The van der Waals surface area contributed by atoms with Crippen molar-refractivity contribution in [2.75, 3.05) is 6.66 Å². The molecular weight excluding hydrogens is 247 g/mol. The van der Waals surface area contributed by atoms with Gasteiger partial charge in [-0.3, -0.25) is 0 Å². The second kappa shape index (κ2) is 5.12. The highest BCUT2D eigenvalue weighted by atomic mass is 32.7. The molecule has 0 N–H and O–H groups in total. The molecule has 2 rings (SSSR count). The first-order valence-corrected chi connectivity index (χ1v) is 9.05. The Morgan fingerprint density at radius 2 is 1.53 bits per heavy atom. The summed E-state index contributed by atoms with van der Waals surface area (Å²) in [5.74, 6) is 0. The molecule has 2 aromatic carbocycles. The molecule has 0 aliphatic carbocycles. The molecule has 1 atom stereocenters. The third kappa shape index (κ3) is 3.02. The van der Waals surface area contributed by atoms with E-state index in [1.54, 1.807) is 0 Å². The van der Waals surface area contributed by atoms with Crippen molar-refractivity contribution in [3.05, 3.63) is 60.2 Å². The fraction of sp³-hybridized carbons (Fsp3) is 0.143. The van der Waals surface area contributed by atoms with E-state index in [1.165, 1.54) is 11.4 Å². The summed E-state index contributed by atoms with van der Waals surface area (Å²) in [7, 11) is 0. The largest absolute Gasteiger partial charge is 0.307 e. The van der Waals surface area contributed by atoms with Crippen molar-refractivity contribution in [3.63, 3.8) is 0 Å². The van der Waals surface area contributed by atoms with Crippen molar-refractivity contribution in [3.8, 4) is 0 Å². The van der Waals surface area contributed by atoms with E-state index in [1.807, 2.05) is 68.2 Å². The number of rotatable bonds is 3. The second-order valence-electron chi connectivity index (χ2n) is 4.04. The second-order valence-corrected chi connectivity index (χ2v) is 9.50. The molecule has 0 saturated heterocycles. The van der Waals surface area contributed by atoms with Crippen molar-refractivity contribution >= 4 is 23.0 Å². The standard InChI is InChI=1S/C14H15OPS/c1-12-8-6-7-11-14(12)16(2,15)17-13-9-4-3-5-10-13/h3-11H,1-2H3. The zero-order valence-electron chi connectivity index (χ0n) is 9.96. The van der Waals surface area contributed by atoms with Crippen molar-refractivity contribution in [1.82, 2.24) is 0 Å². The van der Waals surface area contributed by atoms with E-state index >= 15 is 0 Å². The predicted octanol–water partition coefficient (Wildman–Crippen LogP) is 4.32. The lowest BCUT2D eigenvalue weighted by Crippen LogP contribution is -2.05. The van der Waals surface area contributed by atoms with E-state index in [4.69, 9.17) is 0 Å². The van der Waals surface area contributed by atoms with Gasteiger partial charge in [-0.1, -0.05) is 53.8 Å². The zero-order valence-corrected chi connectivity index (χ0v) is 11.7. The molecule has 0 bridgehead atoms. The van der Waals surface area contributed by atoms with Crippen LogP contribution in [-0.2, 0) is 4.57 Å². The molecule has 17 heavy (non-hydrogen) atoms. The summed E-state index contributed by atoms with van der Waals surface area (Å²) in [5, 5.41) is 0.967. The molecule has 0 amide bonds. The van der Waals surface area contributed by atoms with Crippen LogP contribution in [0.1, 0.15) is 5.56 Å². The molecule has 0 spiro atoms. The Bertz CT molecular complexity index is 551. The first kappa shape index (κ1) is 12.5. The Balaban J connectivity index is 2.32. The van der Waals surface area contributed by atoms with Gasteiger partial charge in [0, 0.05) is 16.9 Å². The van der Waals surface area contributed by atoms with E-state index in [0.717, 1.165) is 15.8 Å². The SMILES string of the molecule is Cc1ccccc1P(C)(=O)Sc1ccccc1. The minimum atomic E-state index is -2.39. The maximum absolute atomic E-state index is 12.8. The van der Waals surface area contributed by atoms with Crippen LogP contribution >= 0.6 is 17.7 Å². The van der Waals surface area contributed by atoms with E-state index in [9.17, 15) is 4.57 Å². The Kier molecular flexibility index (Phi) is 3.76. The van der Waals surface area contributed by atoms with Gasteiger partial charge in [0.05, 0.1) is 0 Å². The molecule has 1 nitrogen and oxygen atoms in total. The summed E-state index contributed by atoms with van der Waals surface area (Å²) < 4.78 is 12.8. The number of aryl methyl sites for hydroxylation is 1. The van der Waals surface area contributed by atoms with Crippen molar-refractivity contribution in [2.45, 2.75) is 11.8 Å². The molecule has 88 valence electrons. The first-order valence-electron chi connectivity index (χ1n) is 5.48. The summed E-state index contributed by atoms with van der Waals surface area (Å²) in [6, 6.07) is 17.8. The molecule has 0 aliphatic rings. The lowest BCUT2D eigenvalue weighted by molar-refractivity contribution is 0.593. The highest BCUT2D eigenvalue weighted by molar-refractivity contribution is 8.60. The van der Waals surface area contributed by atoms with Crippen LogP contribution in [0, 0.1) is 6.92 Å². The molecule has 0 aliphatic heterocycles. The molecular formula is C14H15OPS. The molecule has 3 heteroatoms. The fourth-order valence-electron chi connectivity index (χ4n) is 1.75. The molecule has 0 aromatic heterocycles. The summed E-state index contributed by atoms with van der Waals surface area (Å²) in [5.41, 5.74) is 1.10. The minimum absolute atomic E-state index is 0.967. The van der Waals surface area contributed by atoms with Crippen LogP contribution < -0.4 is 5.30 Å². The minimum Gasteiger partial charge on any atom is -0.307 e. The van der Waals surface area contributed by atoms with Crippen LogP contribution in [0.4, 0.5) is 0 Å². The van der Waals surface area contributed by atoms with Crippen molar-refractivity contribution in [2.24, 2.45) is 0 Å². The molecule has 2 aromatic rings. The molecule has 0 heterocycles. The van der Waals surface area contributed by atoms with Gasteiger partial charge in [-0.25, -0.2) is 0 Å². The maximum atomic E-state index is 12.8. The van der Waals surface area contributed by atoms with Gasteiger partial charge in [0.1, 0.15) is 0 Å². The Morgan fingerprint density at radius 3 is 2.18 bits per heavy atom. The molecule has 1 unspecified atom stereocenters. The number of benzene rings is 2. The van der Waals surface area contributed by atoms with Gasteiger partial charge in [-0.15, -0.1) is 0 Å². The maximum Gasteiger partial charge on any atom is 0.168 e. The Hall–Kier alpha value is -0.980. The van der Waals surface area contributed by atoms with Gasteiger partial charge in [0.15, 0.2) is 6.34 Å². The van der Waals surface area contributed by atoms with Crippen molar-refractivity contribution in [1.29, 1.82) is 0 Å². The average molecular weight is 262 g/mol. The van der Waals surface area contributed by atoms with Gasteiger partial charge < -0.3 is 4.57 Å². The zero-order chi connectivity index (χ0) is 12.3. The van der Waals surface area contributed by atoms with Crippen LogP contribution in [-0.4, -0.2) is 6.66 Å². The fourth-order valence-corrected chi connectivity index (χ4v) is 6.08. The lowest BCUT2D eigenvalue weighted by Gasteiger charge is -2.14. The Morgan fingerprint density at radius 1 is 0.941 bits per heavy atom.